The zero-order valence-electron chi connectivity index (χ0n) is 16.5. The van der Waals surface area contributed by atoms with Crippen LogP contribution in [0.4, 0.5) is 14.5 Å². The van der Waals surface area contributed by atoms with Crippen LogP contribution in [-0.4, -0.2) is 36.9 Å². The Bertz CT molecular complexity index is 1270. The number of carbonyl (C=O) groups is 1. The van der Waals surface area contributed by atoms with Gasteiger partial charge in [0.05, 0.1) is 16.9 Å². The van der Waals surface area contributed by atoms with Crippen LogP contribution in [0.15, 0.2) is 42.7 Å². The van der Waals surface area contributed by atoms with Crippen molar-refractivity contribution in [2.75, 3.05) is 5.32 Å². The largest absolute Gasteiger partial charge is 0.433 e. The lowest BCUT2D eigenvalue weighted by atomic mass is 10.2. The van der Waals surface area contributed by atoms with Crippen molar-refractivity contribution in [3.63, 3.8) is 0 Å². The Morgan fingerprint density at radius 1 is 1.29 bits per heavy atom. The average Bonchev–Trinajstić information content (AvgIpc) is 3.33. The number of amides is 1. The van der Waals surface area contributed by atoms with E-state index in [0.29, 0.717) is 11.3 Å². The maximum Gasteiger partial charge on any atom is 0.387 e. The minimum absolute atomic E-state index is 0.0551. The van der Waals surface area contributed by atoms with Crippen LogP contribution in [0.2, 0.25) is 5.02 Å². The molecular formula is C20H17ClF2N6O2. The van der Waals surface area contributed by atoms with Crippen molar-refractivity contribution in [1.82, 2.24) is 24.4 Å². The Morgan fingerprint density at radius 3 is 2.77 bits per heavy atom. The molecule has 4 rings (SSSR count). The summed E-state index contributed by atoms with van der Waals surface area (Å²) < 4.78 is 32.5. The number of aromatic nitrogens is 5. The number of fused-ring (bicyclic) bond motifs is 1. The highest BCUT2D eigenvalue weighted by Crippen LogP contribution is 2.29. The second-order valence-corrected chi connectivity index (χ2v) is 6.97. The Balaban J connectivity index is 1.62. The number of halogens is 3. The molecule has 3 aromatic heterocycles. The number of anilines is 1. The van der Waals surface area contributed by atoms with E-state index in [1.54, 1.807) is 29.0 Å². The predicted molar refractivity (Wildman–Crippen MR) is 111 cm³/mol. The third kappa shape index (κ3) is 4.06. The summed E-state index contributed by atoms with van der Waals surface area (Å²) in [6, 6.07) is 7.33. The van der Waals surface area contributed by atoms with Crippen LogP contribution in [0.3, 0.4) is 0 Å². The Kier molecular flexibility index (Phi) is 5.55. The maximum absolute atomic E-state index is 12.7. The highest BCUT2D eigenvalue weighted by Gasteiger charge is 2.17. The summed E-state index contributed by atoms with van der Waals surface area (Å²) in [4.78, 5) is 17.0. The number of ether oxygens (including phenoxy) is 1. The normalized spacial score (nSPS) is 11.3. The van der Waals surface area contributed by atoms with E-state index in [1.165, 1.54) is 18.2 Å². The van der Waals surface area contributed by atoms with Gasteiger partial charge in [-0.2, -0.15) is 19.0 Å². The van der Waals surface area contributed by atoms with E-state index in [1.807, 2.05) is 18.5 Å². The van der Waals surface area contributed by atoms with Gasteiger partial charge in [0, 0.05) is 35.8 Å². The fraction of sp³-hybridized carbons (Fsp3) is 0.200. The Hall–Kier alpha value is -3.53. The molecule has 1 amide bonds. The van der Waals surface area contributed by atoms with Crippen LogP contribution >= 0.6 is 11.6 Å². The van der Waals surface area contributed by atoms with Gasteiger partial charge < -0.3 is 10.1 Å². The van der Waals surface area contributed by atoms with Crippen molar-refractivity contribution in [2.45, 2.75) is 27.0 Å². The first-order valence-corrected chi connectivity index (χ1v) is 9.68. The first kappa shape index (κ1) is 20.7. The molecule has 0 unspecified atom stereocenters. The number of rotatable bonds is 6. The predicted octanol–water partition coefficient (Wildman–Crippen LogP) is 4.43. The molecule has 0 saturated carbocycles. The van der Waals surface area contributed by atoms with Gasteiger partial charge in [0.2, 0.25) is 0 Å². The molecule has 4 aromatic rings. The number of benzene rings is 1. The van der Waals surface area contributed by atoms with Gasteiger partial charge in [-0.05, 0) is 38.1 Å². The average molecular weight is 447 g/mol. The first-order chi connectivity index (χ1) is 14.9. The molecule has 8 nitrogen and oxygen atoms in total. The second kappa shape index (κ2) is 8.31. The summed E-state index contributed by atoms with van der Waals surface area (Å²) in [6.45, 7) is 1.70. The fourth-order valence-corrected chi connectivity index (χ4v) is 3.42. The summed E-state index contributed by atoms with van der Waals surface area (Å²) in [5.41, 5.74) is 3.53. The first-order valence-electron chi connectivity index (χ1n) is 9.30. The monoisotopic (exact) mass is 446 g/mol. The van der Waals surface area contributed by atoms with E-state index >= 15 is 0 Å². The van der Waals surface area contributed by atoms with Crippen molar-refractivity contribution in [3.05, 3.63) is 59.1 Å². The molecule has 0 fully saturated rings. The molecule has 0 aliphatic carbocycles. The maximum atomic E-state index is 12.7. The molecule has 3 heterocycles. The lowest BCUT2D eigenvalue weighted by Gasteiger charge is -2.09. The van der Waals surface area contributed by atoms with Crippen LogP contribution in [0.25, 0.3) is 16.9 Å². The van der Waals surface area contributed by atoms with E-state index < -0.39 is 12.5 Å². The molecule has 0 saturated heterocycles. The number of hydrogen-bond donors (Lipinski definition) is 1. The molecule has 0 aliphatic rings. The van der Waals surface area contributed by atoms with E-state index in [2.05, 4.69) is 25.2 Å². The van der Waals surface area contributed by atoms with Crippen LogP contribution in [-0.2, 0) is 6.54 Å². The summed E-state index contributed by atoms with van der Waals surface area (Å²) in [5, 5.41) is 11.3. The van der Waals surface area contributed by atoms with Gasteiger partial charge in [-0.15, -0.1) is 0 Å². The highest BCUT2D eigenvalue weighted by atomic mass is 35.5. The molecule has 31 heavy (non-hydrogen) atoms. The number of nitrogens with zero attached hydrogens (tertiary/aromatic N) is 5. The summed E-state index contributed by atoms with van der Waals surface area (Å²) in [6.07, 6.45) is 3.39. The van der Waals surface area contributed by atoms with E-state index in [-0.39, 0.29) is 16.5 Å². The summed E-state index contributed by atoms with van der Waals surface area (Å²) >= 11 is 5.94. The minimum Gasteiger partial charge on any atom is -0.433 e. The molecule has 1 N–H and O–H groups in total. The molecule has 0 atom stereocenters. The van der Waals surface area contributed by atoms with Crippen LogP contribution in [0.1, 0.15) is 23.1 Å². The van der Waals surface area contributed by atoms with E-state index in [0.717, 1.165) is 23.5 Å². The zero-order valence-corrected chi connectivity index (χ0v) is 17.3. The molecule has 0 radical (unpaired) electrons. The molecule has 160 valence electrons. The van der Waals surface area contributed by atoms with Gasteiger partial charge in [-0.3, -0.25) is 9.48 Å². The topological polar surface area (TPSA) is 86.3 Å². The lowest BCUT2D eigenvalue weighted by Crippen LogP contribution is -2.13. The highest BCUT2D eigenvalue weighted by molar-refractivity contribution is 6.32. The van der Waals surface area contributed by atoms with Gasteiger partial charge >= 0.3 is 6.61 Å². The number of aryl methyl sites for hydroxylation is 1. The molecule has 1 aromatic carbocycles. The SMILES string of the molecule is CCn1ncc(-c2ccnc3cc(C(=O)Nc4ccc(OC(F)F)c(Cl)c4)nn23)c1C. The van der Waals surface area contributed by atoms with Gasteiger partial charge in [0.1, 0.15) is 5.75 Å². The Morgan fingerprint density at radius 2 is 2.10 bits per heavy atom. The standard InChI is InChI=1S/C20H17ClF2N6O2/c1-3-28-11(2)13(10-25-28)16-6-7-24-18-9-15(27-29(16)18)19(30)26-12-4-5-17(14(21)8-12)31-20(22)23/h4-10,20H,3H2,1-2H3,(H,26,30). The van der Waals surface area contributed by atoms with Crippen molar-refractivity contribution < 1.29 is 18.3 Å². The molecular weight excluding hydrogens is 430 g/mol. The molecule has 11 heteroatoms. The molecule has 0 aliphatic heterocycles. The number of nitrogens with one attached hydrogen (secondary N) is 1. The summed E-state index contributed by atoms with van der Waals surface area (Å²) in [7, 11) is 0. The van der Waals surface area contributed by atoms with E-state index in [9.17, 15) is 13.6 Å². The van der Waals surface area contributed by atoms with Crippen LogP contribution < -0.4 is 10.1 Å². The smallest absolute Gasteiger partial charge is 0.387 e. The van der Waals surface area contributed by atoms with Crippen molar-refractivity contribution in [1.29, 1.82) is 0 Å². The van der Waals surface area contributed by atoms with Crippen molar-refractivity contribution in [2.24, 2.45) is 0 Å². The lowest BCUT2D eigenvalue weighted by molar-refractivity contribution is -0.0497. The Labute approximate surface area is 180 Å². The van der Waals surface area contributed by atoms with Crippen molar-refractivity contribution in [3.8, 4) is 17.0 Å². The molecule has 0 bridgehead atoms. The van der Waals surface area contributed by atoms with Gasteiger partial charge in [-0.25, -0.2) is 9.50 Å². The zero-order chi connectivity index (χ0) is 22.1. The van der Waals surface area contributed by atoms with Gasteiger partial charge in [0.15, 0.2) is 11.3 Å². The van der Waals surface area contributed by atoms with Gasteiger partial charge in [-0.1, -0.05) is 11.6 Å². The third-order valence-electron chi connectivity index (χ3n) is 4.68. The van der Waals surface area contributed by atoms with Crippen LogP contribution in [0, 0.1) is 6.92 Å². The quantitative estimate of drug-likeness (QED) is 0.473. The minimum atomic E-state index is -2.99. The number of alkyl halides is 2. The summed E-state index contributed by atoms with van der Waals surface area (Å²) in [5.74, 6) is -0.685. The van der Waals surface area contributed by atoms with Crippen LogP contribution in [0.5, 0.6) is 5.75 Å². The van der Waals surface area contributed by atoms with Crippen molar-refractivity contribution >= 4 is 28.8 Å². The third-order valence-corrected chi connectivity index (χ3v) is 4.97. The van der Waals surface area contributed by atoms with E-state index in [4.69, 9.17) is 11.6 Å². The second-order valence-electron chi connectivity index (χ2n) is 6.57. The number of carbonyl (C=O) groups excluding carboxylic acids is 1. The molecule has 0 spiro atoms. The number of hydrogen-bond acceptors (Lipinski definition) is 5. The fourth-order valence-electron chi connectivity index (χ4n) is 3.19. The van der Waals surface area contributed by atoms with Gasteiger partial charge in [0.25, 0.3) is 5.91 Å².